The summed E-state index contributed by atoms with van der Waals surface area (Å²) >= 11 is 0. The van der Waals surface area contributed by atoms with Crippen LogP contribution >= 0.6 is 0 Å². The zero-order valence-electron chi connectivity index (χ0n) is 12.0. The van der Waals surface area contributed by atoms with Crippen LogP contribution in [0.25, 0.3) is 0 Å². The van der Waals surface area contributed by atoms with Crippen molar-refractivity contribution < 1.29 is 4.74 Å². The molecule has 2 fully saturated rings. The maximum Gasteiger partial charge on any atom is 0.0634 e. The molecule has 0 aromatic carbocycles. The summed E-state index contributed by atoms with van der Waals surface area (Å²) in [6.45, 7) is 13.2. The molecule has 4 heteroatoms. The van der Waals surface area contributed by atoms with Crippen LogP contribution in [0.3, 0.4) is 0 Å². The zero-order valence-corrected chi connectivity index (χ0v) is 12.0. The first-order valence-electron chi connectivity index (χ1n) is 7.61. The lowest BCUT2D eigenvalue weighted by atomic mass is 10.2. The minimum absolute atomic E-state index is 0.579. The summed E-state index contributed by atoms with van der Waals surface area (Å²) in [5, 5.41) is 3.64. The predicted octanol–water partition coefficient (Wildman–Crippen LogP) is 0.781. The van der Waals surface area contributed by atoms with Crippen LogP contribution in [0.5, 0.6) is 0 Å². The molecule has 0 spiro atoms. The average molecular weight is 255 g/mol. The quantitative estimate of drug-likeness (QED) is 0.694. The SMILES string of the molecule is CCN(CC)CCN1CCOCC1CNC1CC1. The first-order valence-corrected chi connectivity index (χ1v) is 7.61. The fraction of sp³-hybridized carbons (Fsp3) is 1.00. The van der Waals surface area contributed by atoms with Crippen molar-refractivity contribution in [2.24, 2.45) is 0 Å². The van der Waals surface area contributed by atoms with Gasteiger partial charge in [-0.15, -0.1) is 0 Å². The van der Waals surface area contributed by atoms with Crippen molar-refractivity contribution in [3.05, 3.63) is 0 Å². The van der Waals surface area contributed by atoms with Gasteiger partial charge < -0.3 is 15.0 Å². The number of rotatable bonds is 8. The largest absolute Gasteiger partial charge is 0.378 e. The predicted molar refractivity (Wildman–Crippen MR) is 75.0 cm³/mol. The van der Waals surface area contributed by atoms with E-state index in [0.29, 0.717) is 6.04 Å². The molecular formula is C14H29N3O. The highest BCUT2D eigenvalue weighted by atomic mass is 16.5. The number of nitrogens with zero attached hydrogens (tertiary/aromatic N) is 2. The lowest BCUT2D eigenvalue weighted by Crippen LogP contribution is -2.52. The Kier molecular flexibility index (Phi) is 5.89. The number of hydrogen-bond donors (Lipinski definition) is 1. The number of hydrogen-bond acceptors (Lipinski definition) is 4. The van der Waals surface area contributed by atoms with Gasteiger partial charge in [0, 0.05) is 38.3 Å². The molecule has 2 rings (SSSR count). The Morgan fingerprint density at radius 3 is 2.72 bits per heavy atom. The van der Waals surface area contributed by atoms with Crippen LogP contribution < -0.4 is 5.32 Å². The topological polar surface area (TPSA) is 27.7 Å². The van der Waals surface area contributed by atoms with Gasteiger partial charge in [0.2, 0.25) is 0 Å². The van der Waals surface area contributed by atoms with E-state index in [4.69, 9.17) is 4.74 Å². The molecular weight excluding hydrogens is 226 g/mol. The van der Waals surface area contributed by atoms with Crippen LogP contribution in [0.15, 0.2) is 0 Å². The number of morpholine rings is 1. The van der Waals surface area contributed by atoms with Gasteiger partial charge in [0.05, 0.1) is 13.2 Å². The number of ether oxygens (including phenoxy) is 1. The van der Waals surface area contributed by atoms with Gasteiger partial charge in [-0.25, -0.2) is 0 Å². The van der Waals surface area contributed by atoms with Crippen molar-refractivity contribution in [1.29, 1.82) is 0 Å². The Balaban J connectivity index is 1.71. The Morgan fingerprint density at radius 1 is 1.28 bits per heavy atom. The van der Waals surface area contributed by atoms with E-state index in [1.807, 2.05) is 0 Å². The van der Waals surface area contributed by atoms with Gasteiger partial charge in [-0.2, -0.15) is 0 Å². The highest BCUT2D eigenvalue weighted by molar-refractivity contribution is 4.85. The summed E-state index contributed by atoms with van der Waals surface area (Å²) in [5.41, 5.74) is 0. The second-order valence-corrected chi connectivity index (χ2v) is 5.47. The summed E-state index contributed by atoms with van der Waals surface area (Å²) < 4.78 is 5.63. The second-order valence-electron chi connectivity index (χ2n) is 5.47. The Bertz CT molecular complexity index is 229. The first kappa shape index (κ1) is 14.3. The molecule has 1 N–H and O–H groups in total. The van der Waals surface area contributed by atoms with E-state index in [9.17, 15) is 0 Å². The molecule has 1 saturated heterocycles. The van der Waals surface area contributed by atoms with Crippen molar-refractivity contribution in [3.8, 4) is 0 Å². The third-order valence-corrected chi connectivity index (χ3v) is 4.17. The summed E-state index contributed by atoms with van der Waals surface area (Å²) in [7, 11) is 0. The van der Waals surface area contributed by atoms with Crippen LogP contribution in [0.4, 0.5) is 0 Å². The van der Waals surface area contributed by atoms with Crippen LogP contribution in [-0.4, -0.2) is 74.4 Å². The summed E-state index contributed by atoms with van der Waals surface area (Å²) in [5.74, 6) is 0. The second kappa shape index (κ2) is 7.43. The molecule has 4 nitrogen and oxygen atoms in total. The molecule has 0 radical (unpaired) electrons. The lowest BCUT2D eigenvalue weighted by molar-refractivity contribution is -0.0101. The molecule has 2 aliphatic rings. The molecule has 0 aromatic rings. The molecule has 18 heavy (non-hydrogen) atoms. The van der Waals surface area contributed by atoms with E-state index in [1.54, 1.807) is 0 Å². The number of nitrogens with one attached hydrogen (secondary N) is 1. The first-order chi connectivity index (χ1) is 8.83. The highest BCUT2D eigenvalue weighted by Gasteiger charge is 2.26. The van der Waals surface area contributed by atoms with Crippen LogP contribution in [0.2, 0.25) is 0 Å². The molecule has 106 valence electrons. The number of likely N-dealkylation sites (N-methyl/N-ethyl adjacent to an activating group) is 1. The summed E-state index contributed by atoms with van der Waals surface area (Å²) in [4.78, 5) is 5.11. The normalized spacial score (nSPS) is 25.8. The van der Waals surface area contributed by atoms with E-state index < -0.39 is 0 Å². The third kappa shape index (κ3) is 4.50. The smallest absolute Gasteiger partial charge is 0.0634 e. The van der Waals surface area contributed by atoms with Crippen LogP contribution in [0.1, 0.15) is 26.7 Å². The van der Waals surface area contributed by atoms with Crippen LogP contribution in [0, 0.1) is 0 Å². The average Bonchev–Trinajstić information content (AvgIpc) is 3.23. The summed E-state index contributed by atoms with van der Waals surface area (Å²) in [6, 6.07) is 1.38. The van der Waals surface area contributed by atoms with Gasteiger partial charge in [0.1, 0.15) is 0 Å². The van der Waals surface area contributed by atoms with Crippen LogP contribution in [-0.2, 0) is 4.74 Å². The standard InChI is InChI=1S/C14H29N3O/c1-3-16(4-2)7-8-17-9-10-18-12-14(17)11-15-13-5-6-13/h13-15H,3-12H2,1-2H3. The third-order valence-electron chi connectivity index (χ3n) is 4.17. The maximum absolute atomic E-state index is 5.63. The van der Waals surface area contributed by atoms with Gasteiger partial charge in [0.25, 0.3) is 0 Å². The fourth-order valence-electron chi connectivity index (χ4n) is 2.57. The van der Waals surface area contributed by atoms with E-state index in [2.05, 4.69) is 29.0 Å². The van der Waals surface area contributed by atoms with E-state index >= 15 is 0 Å². The van der Waals surface area contributed by atoms with Gasteiger partial charge in [0.15, 0.2) is 0 Å². The van der Waals surface area contributed by atoms with Gasteiger partial charge in [-0.3, -0.25) is 4.90 Å². The molecule has 1 saturated carbocycles. The molecule has 1 aliphatic carbocycles. The molecule has 1 unspecified atom stereocenters. The monoisotopic (exact) mass is 255 g/mol. The van der Waals surface area contributed by atoms with Crippen molar-refractivity contribution in [3.63, 3.8) is 0 Å². The molecule has 1 heterocycles. The molecule has 1 aliphatic heterocycles. The molecule has 0 bridgehead atoms. The lowest BCUT2D eigenvalue weighted by Gasteiger charge is -2.37. The van der Waals surface area contributed by atoms with Crippen molar-refractivity contribution in [2.75, 3.05) is 52.5 Å². The fourth-order valence-corrected chi connectivity index (χ4v) is 2.57. The molecule has 1 atom stereocenters. The maximum atomic E-state index is 5.63. The van der Waals surface area contributed by atoms with E-state index in [-0.39, 0.29) is 0 Å². The minimum Gasteiger partial charge on any atom is -0.378 e. The van der Waals surface area contributed by atoms with E-state index in [0.717, 1.165) is 45.4 Å². The van der Waals surface area contributed by atoms with Gasteiger partial charge >= 0.3 is 0 Å². The minimum atomic E-state index is 0.579. The molecule has 0 aromatic heterocycles. The van der Waals surface area contributed by atoms with E-state index in [1.165, 1.54) is 25.9 Å². The molecule has 0 amide bonds. The van der Waals surface area contributed by atoms with Crippen molar-refractivity contribution >= 4 is 0 Å². The Hall–Kier alpha value is -0.160. The zero-order chi connectivity index (χ0) is 12.8. The highest BCUT2D eigenvalue weighted by Crippen LogP contribution is 2.19. The van der Waals surface area contributed by atoms with Gasteiger partial charge in [-0.05, 0) is 25.9 Å². The van der Waals surface area contributed by atoms with Gasteiger partial charge in [-0.1, -0.05) is 13.8 Å². The Labute approximate surface area is 112 Å². The van der Waals surface area contributed by atoms with Crippen molar-refractivity contribution in [1.82, 2.24) is 15.1 Å². The van der Waals surface area contributed by atoms with Crippen molar-refractivity contribution in [2.45, 2.75) is 38.8 Å². The Morgan fingerprint density at radius 2 is 2.06 bits per heavy atom. The summed E-state index contributed by atoms with van der Waals surface area (Å²) in [6.07, 6.45) is 2.74.